The van der Waals surface area contributed by atoms with Crippen LogP contribution in [0, 0.1) is 6.92 Å². The monoisotopic (exact) mass is 329 g/mol. The normalized spacial score (nSPS) is 12.4. The zero-order valence-electron chi connectivity index (χ0n) is 11.7. The topological polar surface area (TPSA) is 21.3 Å². The number of nitrogens with one attached hydrogen (secondary N) is 1. The summed E-state index contributed by atoms with van der Waals surface area (Å²) in [6, 6.07) is 7.89. The van der Waals surface area contributed by atoms with Gasteiger partial charge in [0, 0.05) is 15.5 Å². The molecule has 2 rings (SSSR count). The van der Waals surface area contributed by atoms with Gasteiger partial charge >= 0.3 is 0 Å². The molecule has 0 amide bonds. The Morgan fingerprint density at radius 3 is 2.60 bits per heavy atom. The molecular formula is C15H17Cl2NOS. The van der Waals surface area contributed by atoms with Crippen molar-refractivity contribution in [3.8, 4) is 5.75 Å². The molecule has 0 fully saturated rings. The quantitative estimate of drug-likeness (QED) is 0.826. The standard InChI is InChI=1S/C15H17Cl2NOS/c1-4-18-14(13-7-9(2)15(17)20-13)11-6-5-10(16)8-12(11)19-3/h5-8,14,18H,4H2,1-3H3. The molecule has 0 saturated heterocycles. The molecule has 5 heteroatoms. The van der Waals surface area contributed by atoms with E-state index in [-0.39, 0.29) is 6.04 Å². The number of aryl methyl sites for hydroxylation is 1. The zero-order chi connectivity index (χ0) is 14.7. The van der Waals surface area contributed by atoms with Crippen LogP contribution >= 0.6 is 34.5 Å². The van der Waals surface area contributed by atoms with Gasteiger partial charge in [0.1, 0.15) is 5.75 Å². The van der Waals surface area contributed by atoms with E-state index >= 15 is 0 Å². The first-order chi connectivity index (χ1) is 9.56. The van der Waals surface area contributed by atoms with E-state index in [0.29, 0.717) is 5.02 Å². The van der Waals surface area contributed by atoms with Crippen molar-refractivity contribution in [1.29, 1.82) is 0 Å². The van der Waals surface area contributed by atoms with E-state index in [4.69, 9.17) is 27.9 Å². The van der Waals surface area contributed by atoms with E-state index in [1.165, 1.54) is 4.88 Å². The third kappa shape index (κ3) is 3.29. The van der Waals surface area contributed by atoms with Crippen LogP contribution in [0.3, 0.4) is 0 Å². The SMILES string of the molecule is CCNC(c1cc(C)c(Cl)s1)c1ccc(Cl)cc1OC. The number of ether oxygens (including phenoxy) is 1. The lowest BCUT2D eigenvalue weighted by atomic mass is 10.0. The molecule has 0 aliphatic carbocycles. The third-order valence-electron chi connectivity index (χ3n) is 3.08. The maximum Gasteiger partial charge on any atom is 0.125 e. The molecule has 1 heterocycles. The van der Waals surface area contributed by atoms with Crippen LogP contribution in [0.25, 0.3) is 0 Å². The summed E-state index contributed by atoms with van der Waals surface area (Å²) in [6.45, 7) is 4.95. The highest BCUT2D eigenvalue weighted by Gasteiger charge is 2.20. The van der Waals surface area contributed by atoms with Gasteiger partial charge in [-0.05, 0) is 37.2 Å². The molecule has 1 N–H and O–H groups in total. The van der Waals surface area contributed by atoms with Crippen LogP contribution in [0.15, 0.2) is 24.3 Å². The predicted octanol–water partition coefficient (Wildman–Crippen LogP) is 5.07. The number of rotatable bonds is 5. The van der Waals surface area contributed by atoms with Gasteiger partial charge in [0.05, 0.1) is 17.5 Å². The van der Waals surface area contributed by atoms with E-state index in [0.717, 1.165) is 27.8 Å². The molecule has 2 aromatic rings. The smallest absolute Gasteiger partial charge is 0.125 e. The Labute approximate surface area is 133 Å². The van der Waals surface area contributed by atoms with Gasteiger partial charge in [-0.15, -0.1) is 11.3 Å². The number of halogens is 2. The van der Waals surface area contributed by atoms with Crippen molar-refractivity contribution >= 4 is 34.5 Å². The number of methoxy groups -OCH3 is 1. The second-order valence-corrected chi connectivity index (χ2v) is 6.60. The Hall–Kier alpha value is -0.740. The highest BCUT2D eigenvalue weighted by Crippen LogP contribution is 2.38. The van der Waals surface area contributed by atoms with E-state index in [1.54, 1.807) is 18.4 Å². The lowest BCUT2D eigenvalue weighted by Gasteiger charge is -2.19. The largest absolute Gasteiger partial charge is 0.496 e. The second-order valence-electron chi connectivity index (χ2n) is 4.48. The molecule has 20 heavy (non-hydrogen) atoms. The number of hydrogen-bond donors (Lipinski definition) is 1. The Kier molecular flexibility index (Phi) is 5.33. The van der Waals surface area contributed by atoms with E-state index in [1.807, 2.05) is 25.1 Å². The fourth-order valence-electron chi connectivity index (χ4n) is 2.12. The number of benzene rings is 1. The van der Waals surface area contributed by atoms with Crippen LogP contribution < -0.4 is 10.1 Å². The van der Waals surface area contributed by atoms with Gasteiger partial charge in [0.25, 0.3) is 0 Å². The van der Waals surface area contributed by atoms with Gasteiger partial charge < -0.3 is 10.1 Å². The van der Waals surface area contributed by atoms with Crippen molar-refractivity contribution in [3.63, 3.8) is 0 Å². The molecule has 0 aliphatic heterocycles. The van der Waals surface area contributed by atoms with E-state index in [2.05, 4.69) is 18.3 Å². The lowest BCUT2D eigenvalue weighted by molar-refractivity contribution is 0.405. The van der Waals surface area contributed by atoms with Gasteiger partial charge in [0.2, 0.25) is 0 Å². The zero-order valence-corrected chi connectivity index (χ0v) is 14.0. The minimum atomic E-state index is 0.0587. The fraction of sp³-hybridized carbons (Fsp3) is 0.333. The molecule has 1 atom stereocenters. The van der Waals surface area contributed by atoms with Crippen LogP contribution in [0.5, 0.6) is 5.75 Å². The molecule has 0 aliphatic rings. The highest BCUT2D eigenvalue weighted by molar-refractivity contribution is 7.16. The predicted molar refractivity (Wildman–Crippen MR) is 87.6 cm³/mol. The lowest BCUT2D eigenvalue weighted by Crippen LogP contribution is -2.21. The van der Waals surface area contributed by atoms with E-state index < -0.39 is 0 Å². The van der Waals surface area contributed by atoms with Crippen molar-refractivity contribution in [2.45, 2.75) is 19.9 Å². The highest BCUT2D eigenvalue weighted by atomic mass is 35.5. The van der Waals surface area contributed by atoms with Gasteiger partial charge in [-0.2, -0.15) is 0 Å². The molecule has 1 aromatic carbocycles. The van der Waals surface area contributed by atoms with Gasteiger partial charge in [-0.3, -0.25) is 0 Å². The van der Waals surface area contributed by atoms with Gasteiger partial charge in [-0.1, -0.05) is 36.2 Å². The van der Waals surface area contributed by atoms with Crippen molar-refractivity contribution in [1.82, 2.24) is 5.32 Å². The van der Waals surface area contributed by atoms with Crippen LogP contribution in [0.2, 0.25) is 9.36 Å². The van der Waals surface area contributed by atoms with Crippen LogP contribution in [0.4, 0.5) is 0 Å². The third-order valence-corrected chi connectivity index (χ3v) is 4.93. The first-order valence-corrected chi connectivity index (χ1v) is 7.96. The van der Waals surface area contributed by atoms with Crippen molar-refractivity contribution < 1.29 is 4.74 Å². The molecule has 0 radical (unpaired) electrons. The molecular weight excluding hydrogens is 313 g/mol. The average Bonchev–Trinajstić information content (AvgIpc) is 2.76. The van der Waals surface area contributed by atoms with Gasteiger partial charge in [-0.25, -0.2) is 0 Å². The first kappa shape index (κ1) is 15.6. The Morgan fingerprint density at radius 1 is 1.30 bits per heavy atom. The van der Waals surface area contributed by atoms with Crippen molar-refractivity contribution in [3.05, 3.63) is 49.6 Å². The van der Waals surface area contributed by atoms with Crippen molar-refractivity contribution in [2.24, 2.45) is 0 Å². The summed E-state index contributed by atoms with van der Waals surface area (Å²) in [5.41, 5.74) is 2.17. The summed E-state index contributed by atoms with van der Waals surface area (Å²) in [5.74, 6) is 0.783. The second kappa shape index (κ2) is 6.81. The maximum atomic E-state index is 6.20. The molecule has 2 nitrogen and oxygen atoms in total. The summed E-state index contributed by atoms with van der Waals surface area (Å²) < 4.78 is 6.29. The fourth-order valence-corrected chi connectivity index (χ4v) is 3.59. The summed E-state index contributed by atoms with van der Waals surface area (Å²) in [6.07, 6.45) is 0. The Morgan fingerprint density at radius 2 is 2.05 bits per heavy atom. The summed E-state index contributed by atoms with van der Waals surface area (Å²) in [4.78, 5) is 1.18. The summed E-state index contributed by atoms with van der Waals surface area (Å²) in [7, 11) is 1.66. The van der Waals surface area contributed by atoms with Crippen LogP contribution in [0.1, 0.15) is 29.0 Å². The maximum absolute atomic E-state index is 6.20. The minimum Gasteiger partial charge on any atom is -0.496 e. The van der Waals surface area contributed by atoms with Crippen LogP contribution in [-0.2, 0) is 0 Å². The average molecular weight is 330 g/mol. The number of hydrogen-bond acceptors (Lipinski definition) is 3. The van der Waals surface area contributed by atoms with E-state index in [9.17, 15) is 0 Å². The molecule has 1 aromatic heterocycles. The molecule has 108 valence electrons. The van der Waals surface area contributed by atoms with Gasteiger partial charge in [0.15, 0.2) is 0 Å². The molecule has 1 unspecified atom stereocenters. The first-order valence-electron chi connectivity index (χ1n) is 6.39. The Bertz CT molecular complexity index is 578. The molecule has 0 spiro atoms. The van der Waals surface area contributed by atoms with Crippen molar-refractivity contribution in [2.75, 3.05) is 13.7 Å². The summed E-state index contributed by atoms with van der Waals surface area (Å²) >= 11 is 13.8. The molecule has 0 bridgehead atoms. The molecule has 0 saturated carbocycles. The summed E-state index contributed by atoms with van der Waals surface area (Å²) in [5, 5.41) is 4.15. The number of thiophene rings is 1. The van der Waals surface area contributed by atoms with Crippen LogP contribution in [-0.4, -0.2) is 13.7 Å². The minimum absolute atomic E-state index is 0.0587. The Balaban J connectivity index is 2.47.